The zero-order chi connectivity index (χ0) is 36.9. The highest BCUT2D eigenvalue weighted by atomic mass is 32.2. The van der Waals surface area contributed by atoms with Crippen molar-refractivity contribution in [1.29, 1.82) is 0 Å². The van der Waals surface area contributed by atoms with Gasteiger partial charge in [-0.15, -0.1) is 0 Å². The minimum absolute atomic E-state index is 0.00183. The number of ether oxygens (including phenoxy) is 2. The lowest BCUT2D eigenvalue weighted by molar-refractivity contribution is -0.142. The summed E-state index contributed by atoms with van der Waals surface area (Å²) in [6.45, 7) is 3.51. The molecule has 14 nitrogen and oxygen atoms in total. The van der Waals surface area contributed by atoms with Crippen molar-refractivity contribution in [2.45, 2.75) is 87.5 Å². The molecule has 51 heavy (non-hydrogen) atoms. The van der Waals surface area contributed by atoms with Gasteiger partial charge >= 0.3 is 6.09 Å². The average Bonchev–Trinajstić information content (AvgIpc) is 3.95. The maximum atomic E-state index is 14.7. The number of alkyl halides is 1. The fraction of sp³-hybridized carbons (Fsp3) is 0.559. The lowest BCUT2D eigenvalue weighted by atomic mass is 9.88. The molecular formula is C34H41F2N5O9S. The maximum absolute atomic E-state index is 14.7. The van der Waals surface area contributed by atoms with Crippen LogP contribution in [0.15, 0.2) is 36.5 Å². The van der Waals surface area contributed by atoms with E-state index in [1.165, 1.54) is 36.4 Å². The van der Waals surface area contributed by atoms with Gasteiger partial charge in [-0.05, 0) is 55.7 Å². The first-order valence-electron chi connectivity index (χ1n) is 16.9. The number of nitrogens with zero attached hydrogens (tertiary/aromatic N) is 2. The number of allylic oxidation sites excluding steroid dienone is 1. The van der Waals surface area contributed by atoms with Crippen LogP contribution < -0.4 is 24.8 Å². The first kappa shape index (κ1) is 36.3. The van der Waals surface area contributed by atoms with Crippen LogP contribution in [0.4, 0.5) is 13.6 Å². The van der Waals surface area contributed by atoms with Crippen LogP contribution >= 0.6 is 0 Å². The molecule has 0 radical (unpaired) electrons. The van der Waals surface area contributed by atoms with Gasteiger partial charge in [0.15, 0.2) is 0 Å². The lowest BCUT2D eigenvalue weighted by Crippen LogP contribution is -2.59. The predicted molar refractivity (Wildman–Crippen MR) is 178 cm³/mol. The second kappa shape index (κ2) is 13.5. The minimum Gasteiger partial charge on any atom is -0.494 e. The van der Waals surface area contributed by atoms with E-state index in [1.807, 2.05) is 17.7 Å². The number of fused-ring (bicyclic) bond motifs is 3. The molecule has 1 aromatic heterocycles. The molecule has 276 valence electrons. The zero-order valence-electron chi connectivity index (χ0n) is 28.4. The standard InChI is InChI=1S/C34H41F2N5O9S/c1-18-6-4-5-7-20-15-34(20,31(44)40-51(47,48)33(36)10-11-33)39-28(42)25-14-22(17-41(25)30(43)27(19(2)12-18)38-32(45)46)50-29-24-13-21(35)8-9-23(24)26(49-3)16-37-29/h5,7-9,13,16,18-20,22,25,27,38H,4,6,10-12,14-15,17H2,1-3H3,(H,39,42)(H,40,44)(H,45,46)/b7-5-/t18-,19-,20-,22-,25+,27+,34-/m1/s1. The van der Waals surface area contributed by atoms with Crippen molar-refractivity contribution < 1.29 is 51.0 Å². The van der Waals surface area contributed by atoms with Crippen molar-refractivity contribution >= 4 is 44.6 Å². The summed E-state index contributed by atoms with van der Waals surface area (Å²) in [4.78, 5) is 59.5. The number of rotatable bonds is 7. The molecule has 17 heteroatoms. The number of nitrogens with one attached hydrogen (secondary N) is 3. The molecule has 2 aliphatic heterocycles. The molecular weight excluding hydrogens is 692 g/mol. The van der Waals surface area contributed by atoms with E-state index < -0.39 is 80.2 Å². The van der Waals surface area contributed by atoms with Crippen LogP contribution in [0.25, 0.3) is 10.8 Å². The van der Waals surface area contributed by atoms with Crippen LogP contribution in [-0.4, -0.2) is 89.6 Å². The highest BCUT2D eigenvalue weighted by Crippen LogP contribution is 2.48. The molecule has 4 amide bonds. The summed E-state index contributed by atoms with van der Waals surface area (Å²) in [5, 5.41) is 12.9. The predicted octanol–water partition coefficient (Wildman–Crippen LogP) is 3.16. The van der Waals surface area contributed by atoms with Gasteiger partial charge in [-0.2, -0.15) is 0 Å². The molecule has 6 rings (SSSR count). The van der Waals surface area contributed by atoms with Crippen LogP contribution in [0.3, 0.4) is 0 Å². The number of sulfonamides is 1. The Balaban J connectivity index is 1.35. The van der Waals surface area contributed by atoms with Crippen LogP contribution in [0, 0.1) is 23.6 Å². The largest absolute Gasteiger partial charge is 0.494 e. The van der Waals surface area contributed by atoms with Gasteiger partial charge in [0.2, 0.25) is 22.7 Å². The van der Waals surface area contributed by atoms with Crippen LogP contribution in [0.2, 0.25) is 0 Å². The Morgan fingerprint density at radius 2 is 1.90 bits per heavy atom. The molecule has 0 spiro atoms. The third-order valence-corrected chi connectivity index (χ3v) is 12.1. The molecule has 0 unspecified atom stereocenters. The van der Waals surface area contributed by atoms with Crippen LogP contribution in [0.5, 0.6) is 11.6 Å². The van der Waals surface area contributed by atoms with Gasteiger partial charge in [0, 0.05) is 30.6 Å². The number of aromatic nitrogens is 1. The molecule has 2 saturated carbocycles. The Labute approximate surface area is 293 Å². The van der Waals surface area contributed by atoms with Crippen molar-refractivity contribution in [3.8, 4) is 11.6 Å². The number of pyridine rings is 1. The Hall–Kier alpha value is -4.54. The first-order valence-corrected chi connectivity index (χ1v) is 18.4. The van der Waals surface area contributed by atoms with Gasteiger partial charge in [0.25, 0.3) is 15.9 Å². The van der Waals surface area contributed by atoms with Crippen LogP contribution in [-0.2, 0) is 24.4 Å². The van der Waals surface area contributed by atoms with Crippen molar-refractivity contribution in [2.24, 2.45) is 17.8 Å². The topological polar surface area (TPSA) is 193 Å². The monoisotopic (exact) mass is 733 g/mol. The van der Waals surface area contributed by atoms with E-state index in [4.69, 9.17) is 9.47 Å². The Bertz CT molecular complexity index is 1890. The summed E-state index contributed by atoms with van der Waals surface area (Å²) in [6.07, 6.45) is 3.68. The summed E-state index contributed by atoms with van der Waals surface area (Å²) in [5.41, 5.74) is -1.75. The van der Waals surface area contributed by atoms with Gasteiger partial charge in [-0.1, -0.05) is 26.0 Å². The molecule has 2 aromatic rings. The van der Waals surface area contributed by atoms with Gasteiger partial charge in [0.1, 0.15) is 35.3 Å². The van der Waals surface area contributed by atoms with Crippen molar-refractivity contribution in [3.63, 3.8) is 0 Å². The SMILES string of the molecule is COc1cnc(O[C@@H]2C[C@H]3C(=O)N[C@]4(C(=O)NS(=O)(=O)C5(F)CC5)C[C@H]4/C=C\CC[C@@H](C)C[C@@H](C)[C@H](NC(=O)O)C(=O)N3C2)c2cc(F)ccc12. The van der Waals surface area contributed by atoms with Gasteiger partial charge in [-0.25, -0.2) is 31.7 Å². The summed E-state index contributed by atoms with van der Waals surface area (Å²) >= 11 is 0. The van der Waals surface area contributed by atoms with Crippen LogP contribution in [0.1, 0.15) is 58.8 Å². The number of carboxylic acid groups (broad SMARTS) is 1. The maximum Gasteiger partial charge on any atom is 0.405 e. The normalized spacial score (nSPS) is 31.2. The number of carbonyl (C=O) groups excluding carboxylic acids is 3. The van der Waals surface area contributed by atoms with E-state index in [-0.39, 0.29) is 49.4 Å². The molecule has 4 N–H and O–H groups in total. The van der Waals surface area contributed by atoms with Gasteiger partial charge < -0.3 is 30.1 Å². The number of hydrogen-bond acceptors (Lipinski definition) is 9. The van der Waals surface area contributed by atoms with Crippen molar-refractivity contribution in [2.75, 3.05) is 13.7 Å². The quantitative estimate of drug-likeness (QED) is 0.307. The van der Waals surface area contributed by atoms with E-state index in [9.17, 15) is 41.5 Å². The van der Waals surface area contributed by atoms with Crippen molar-refractivity contribution in [1.82, 2.24) is 25.2 Å². The van der Waals surface area contributed by atoms with E-state index in [0.717, 1.165) is 0 Å². The van der Waals surface area contributed by atoms with E-state index >= 15 is 0 Å². The number of methoxy groups -OCH3 is 1. The number of amides is 4. The third kappa shape index (κ3) is 7.17. The Kier molecular flexibility index (Phi) is 9.63. The molecule has 0 bridgehead atoms. The van der Waals surface area contributed by atoms with Gasteiger partial charge in [-0.3, -0.25) is 14.4 Å². The molecule has 2 aliphatic carbocycles. The summed E-state index contributed by atoms with van der Waals surface area (Å²) in [5.74, 6) is -3.86. The number of carbonyl (C=O) groups is 4. The molecule has 7 atom stereocenters. The number of halogens is 2. The highest BCUT2D eigenvalue weighted by Gasteiger charge is 2.64. The summed E-state index contributed by atoms with van der Waals surface area (Å²) in [7, 11) is -3.26. The Morgan fingerprint density at radius 3 is 2.59 bits per heavy atom. The molecule has 1 saturated heterocycles. The highest BCUT2D eigenvalue weighted by molar-refractivity contribution is 7.91. The summed E-state index contributed by atoms with van der Waals surface area (Å²) in [6, 6.07) is 1.40. The fourth-order valence-electron chi connectivity index (χ4n) is 7.20. The lowest BCUT2D eigenvalue weighted by Gasteiger charge is -2.32. The fourth-order valence-corrected chi connectivity index (χ4v) is 8.45. The van der Waals surface area contributed by atoms with E-state index in [2.05, 4.69) is 15.6 Å². The van der Waals surface area contributed by atoms with E-state index in [0.29, 0.717) is 30.4 Å². The smallest absolute Gasteiger partial charge is 0.405 e. The number of benzene rings is 1. The molecule has 3 heterocycles. The third-order valence-electron chi connectivity index (χ3n) is 10.3. The summed E-state index contributed by atoms with van der Waals surface area (Å²) < 4.78 is 67.8. The number of hydrogen-bond donors (Lipinski definition) is 4. The zero-order valence-corrected chi connectivity index (χ0v) is 29.2. The average molecular weight is 734 g/mol. The second-order valence-corrected chi connectivity index (χ2v) is 16.1. The van der Waals surface area contributed by atoms with E-state index in [1.54, 1.807) is 13.0 Å². The molecule has 3 fully saturated rings. The molecule has 4 aliphatic rings. The van der Waals surface area contributed by atoms with Gasteiger partial charge in [0.05, 0.1) is 25.2 Å². The minimum atomic E-state index is -4.69. The molecule has 1 aromatic carbocycles. The first-order chi connectivity index (χ1) is 24.1. The van der Waals surface area contributed by atoms with Crippen molar-refractivity contribution in [3.05, 3.63) is 42.4 Å². The second-order valence-electron chi connectivity index (χ2n) is 14.1. The Morgan fingerprint density at radius 1 is 1.16 bits per heavy atom.